The minimum Gasteiger partial charge on any atom is -0.406 e. The third-order valence-electron chi connectivity index (χ3n) is 5.97. The lowest BCUT2D eigenvalue weighted by molar-refractivity contribution is 0.276. The van der Waals surface area contributed by atoms with Crippen molar-refractivity contribution in [3.63, 3.8) is 0 Å². The molecule has 29 heavy (non-hydrogen) atoms. The summed E-state index contributed by atoms with van der Waals surface area (Å²) in [6, 6.07) is 33.1. The smallest absolute Gasteiger partial charge is 0.261 e. The predicted octanol–water partition coefficient (Wildman–Crippen LogP) is 4.45. The molecule has 0 spiro atoms. The summed E-state index contributed by atoms with van der Waals surface area (Å²) in [6.07, 6.45) is 0. The number of rotatable bonds is 7. The number of nitrogens with zero attached hydrogens (tertiary/aromatic N) is 1. The molecular formula is C26H31NOSi. The van der Waals surface area contributed by atoms with E-state index in [4.69, 9.17) is 4.43 Å². The summed E-state index contributed by atoms with van der Waals surface area (Å²) in [7, 11) is -2.42. The van der Waals surface area contributed by atoms with Gasteiger partial charge in [0.15, 0.2) is 0 Å². The minimum atomic E-state index is -2.42. The maximum atomic E-state index is 7.06. The Hall–Kier alpha value is -2.20. The lowest BCUT2D eigenvalue weighted by atomic mass is 10.2. The molecule has 0 saturated carbocycles. The Labute approximate surface area is 176 Å². The van der Waals surface area contributed by atoms with Gasteiger partial charge < -0.3 is 4.43 Å². The van der Waals surface area contributed by atoms with Crippen molar-refractivity contribution in [1.29, 1.82) is 0 Å². The van der Waals surface area contributed by atoms with E-state index in [0.29, 0.717) is 6.04 Å². The Balaban J connectivity index is 1.58. The molecule has 3 aromatic rings. The van der Waals surface area contributed by atoms with Crippen LogP contribution in [0.1, 0.15) is 26.3 Å². The maximum Gasteiger partial charge on any atom is 0.261 e. The van der Waals surface area contributed by atoms with Crippen molar-refractivity contribution < 1.29 is 4.43 Å². The fourth-order valence-electron chi connectivity index (χ4n) is 4.38. The summed E-state index contributed by atoms with van der Waals surface area (Å²) in [5, 5.41) is 2.75. The standard InChI is InChI=1S/C26H31NOSi/c1-26(2,3)29(24-15-9-5-10-16-24,25-17-11-6-12-18-25)28-21-23-20-27(23)19-22-13-7-4-8-14-22/h4-18,23H,19-21H2,1-3H3. The van der Waals surface area contributed by atoms with E-state index in [-0.39, 0.29) is 5.04 Å². The molecule has 0 aromatic heterocycles. The van der Waals surface area contributed by atoms with Crippen LogP contribution in [0.2, 0.25) is 5.04 Å². The van der Waals surface area contributed by atoms with E-state index < -0.39 is 8.32 Å². The van der Waals surface area contributed by atoms with Crippen molar-refractivity contribution >= 4 is 18.7 Å². The predicted molar refractivity (Wildman–Crippen MR) is 124 cm³/mol. The van der Waals surface area contributed by atoms with Gasteiger partial charge in [0.2, 0.25) is 0 Å². The van der Waals surface area contributed by atoms with Crippen LogP contribution >= 0.6 is 0 Å². The first-order valence-electron chi connectivity index (χ1n) is 10.5. The zero-order chi connectivity index (χ0) is 20.3. The zero-order valence-corrected chi connectivity index (χ0v) is 18.7. The molecule has 1 aliphatic heterocycles. The van der Waals surface area contributed by atoms with Crippen molar-refractivity contribution in [3.8, 4) is 0 Å². The Kier molecular flexibility index (Phi) is 5.73. The van der Waals surface area contributed by atoms with Gasteiger partial charge in [0.25, 0.3) is 8.32 Å². The summed E-state index contributed by atoms with van der Waals surface area (Å²) in [5.74, 6) is 0. The van der Waals surface area contributed by atoms with Gasteiger partial charge in [-0.1, -0.05) is 112 Å². The van der Waals surface area contributed by atoms with Gasteiger partial charge >= 0.3 is 0 Å². The average molecular weight is 402 g/mol. The summed E-state index contributed by atoms with van der Waals surface area (Å²) in [4.78, 5) is 2.51. The molecule has 0 bridgehead atoms. The summed E-state index contributed by atoms with van der Waals surface area (Å²) in [6.45, 7) is 9.94. The van der Waals surface area contributed by atoms with Crippen LogP contribution in [0.25, 0.3) is 0 Å². The maximum absolute atomic E-state index is 7.06. The zero-order valence-electron chi connectivity index (χ0n) is 17.7. The van der Waals surface area contributed by atoms with Crippen LogP contribution in [0.15, 0.2) is 91.0 Å². The van der Waals surface area contributed by atoms with Gasteiger partial charge in [-0.25, -0.2) is 0 Å². The Morgan fingerprint density at radius 2 is 1.28 bits per heavy atom. The van der Waals surface area contributed by atoms with Crippen LogP contribution < -0.4 is 10.4 Å². The van der Waals surface area contributed by atoms with E-state index in [1.807, 2.05) is 0 Å². The Morgan fingerprint density at radius 1 is 0.793 bits per heavy atom. The van der Waals surface area contributed by atoms with E-state index in [1.165, 1.54) is 15.9 Å². The highest BCUT2D eigenvalue weighted by Gasteiger charge is 2.51. The molecule has 1 aliphatic rings. The molecule has 0 aliphatic carbocycles. The fraction of sp³-hybridized carbons (Fsp3) is 0.308. The SMILES string of the molecule is CC(C)(C)[Si](OCC1CN1Cc1ccccc1)(c1ccccc1)c1ccccc1. The van der Waals surface area contributed by atoms with Gasteiger partial charge in [0, 0.05) is 19.1 Å². The lowest BCUT2D eigenvalue weighted by Crippen LogP contribution is -2.66. The van der Waals surface area contributed by atoms with Gasteiger partial charge in [-0.15, -0.1) is 0 Å². The molecule has 3 aromatic carbocycles. The molecule has 4 rings (SSSR count). The van der Waals surface area contributed by atoms with Crippen LogP contribution in [0, 0.1) is 0 Å². The van der Waals surface area contributed by atoms with E-state index in [1.54, 1.807) is 0 Å². The van der Waals surface area contributed by atoms with Crippen LogP contribution in [0.3, 0.4) is 0 Å². The second-order valence-electron chi connectivity index (χ2n) is 9.04. The largest absolute Gasteiger partial charge is 0.406 e. The van der Waals surface area contributed by atoms with Crippen molar-refractivity contribution in [2.75, 3.05) is 13.2 Å². The summed E-state index contributed by atoms with van der Waals surface area (Å²) >= 11 is 0. The van der Waals surface area contributed by atoms with Crippen LogP contribution in [-0.2, 0) is 11.0 Å². The molecule has 3 heteroatoms. The molecule has 150 valence electrons. The van der Waals surface area contributed by atoms with Gasteiger partial charge in [-0.3, -0.25) is 4.90 Å². The third-order valence-corrected chi connectivity index (χ3v) is 11.0. The molecule has 1 saturated heterocycles. The minimum absolute atomic E-state index is 0.0366. The average Bonchev–Trinajstić information content (AvgIpc) is 3.47. The monoisotopic (exact) mass is 401 g/mol. The normalized spacial score (nSPS) is 19.1. The lowest BCUT2D eigenvalue weighted by Gasteiger charge is -2.43. The molecular weight excluding hydrogens is 370 g/mol. The number of benzene rings is 3. The topological polar surface area (TPSA) is 12.2 Å². The van der Waals surface area contributed by atoms with Crippen molar-refractivity contribution in [2.24, 2.45) is 0 Å². The molecule has 1 heterocycles. The summed E-state index contributed by atoms with van der Waals surface area (Å²) < 4.78 is 7.06. The third kappa shape index (κ3) is 4.23. The van der Waals surface area contributed by atoms with E-state index >= 15 is 0 Å². The van der Waals surface area contributed by atoms with Gasteiger partial charge in [0.05, 0.1) is 6.61 Å². The van der Waals surface area contributed by atoms with Crippen molar-refractivity contribution in [2.45, 2.75) is 38.4 Å². The van der Waals surface area contributed by atoms with E-state index in [9.17, 15) is 0 Å². The molecule has 0 radical (unpaired) electrons. The van der Waals surface area contributed by atoms with Crippen molar-refractivity contribution in [3.05, 3.63) is 96.6 Å². The Morgan fingerprint density at radius 3 is 1.76 bits per heavy atom. The first-order chi connectivity index (χ1) is 14.0. The van der Waals surface area contributed by atoms with Crippen LogP contribution in [-0.4, -0.2) is 32.4 Å². The summed E-state index contributed by atoms with van der Waals surface area (Å²) in [5.41, 5.74) is 1.38. The van der Waals surface area contributed by atoms with Gasteiger partial charge in [-0.2, -0.15) is 0 Å². The first-order valence-corrected chi connectivity index (χ1v) is 12.4. The number of hydrogen-bond acceptors (Lipinski definition) is 2. The fourth-order valence-corrected chi connectivity index (χ4v) is 8.97. The number of hydrogen-bond donors (Lipinski definition) is 0. The van der Waals surface area contributed by atoms with E-state index in [0.717, 1.165) is 19.7 Å². The highest BCUT2D eigenvalue weighted by Crippen LogP contribution is 2.37. The molecule has 0 amide bonds. The second-order valence-corrected chi connectivity index (χ2v) is 13.3. The molecule has 2 unspecified atom stereocenters. The van der Waals surface area contributed by atoms with Crippen LogP contribution in [0.4, 0.5) is 0 Å². The first kappa shape index (κ1) is 20.1. The molecule has 2 nitrogen and oxygen atoms in total. The molecule has 0 N–H and O–H groups in total. The highest BCUT2D eigenvalue weighted by molar-refractivity contribution is 6.99. The highest BCUT2D eigenvalue weighted by atomic mass is 28.4. The second kappa shape index (κ2) is 8.27. The molecule has 2 atom stereocenters. The van der Waals surface area contributed by atoms with Crippen LogP contribution in [0.5, 0.6) is 0 Å². The quantitative estimate of drug-likeness (QED) is 0.428. The Bertz CT molecular complexity index is 866. The van der Waals surface area contributed by atoms with Gasteiger partial charge in [-0.05, 0) is 21.0 Å². The molecule has 1 fully saturated rings. The van der Waals surface area contributed by atoms with Gasteiger partial charge in [0.1, 0.15) is 0 Å². The van der Waals surface area contributed by atoms with Crippen molar-refractivity contribution in [1.82, 2.24) is 4.90 Å². The van der Waals surface area contributed by atoms with E-state index in [2.05, 4.69) is 117 Å².